The number of hydrazone groups is 1. The normalized spacial score (nSPS) is 10.7. The van der Waals surface area contributed by atoms with E-state index in [-0.39, 0.29) is 11.7 Å². The highest BCUT2D eigenvalue weighted by Gasteiger charge is 2.16. The largest absolute Gasteiger partial charge is 0.497 e. The second-order valence-corrected chi connectivity index (χ2v) is 7.47. The van der Waals surface area contributed by atoms with Crippen LogP contribution in [0.2, 0.25) is 0 Å². The van der Waals surface area contributed by atoms with E-state index in [0.717, 1.165) is 0 Å². The van der Waals surface area contributed by atoms with Crippen molar-refractivity contribution < 1.29 is 28.7 Å². The van der Waals surface area contributed by atoms with Crippen molar-refractivity contribution in [1.82, 2.24) is 5.43 Å². The zero-order valence-corrected chi connectivity index (χ0v) is 19.8. The van der Waals surface area contributed by atoms with Crippen LogP contribution in [0.1, 0.15) is 29.8 Å². The minimum Gasteiger partial charge on any atom is -0.497 e. The van der Waals surface area contributed by atoms with Gasteiger partial charge >= 0.3 is 17.8 Å². The summed E-state index contributed by atoms with van der Waals surface area (Å²) in [6.07, 6.45) is 0. The fourth-order valence-electron chi connectivity index (χ4n) is 3.04. The van der Waals surface area contributed by atoms with E-state index in [4.69, 9.17) is 9.47 Å². The minimum atomic E-state index is -0.994. The highest BCUT2D eigenvalue weighted by atomic mass is 16.5. The van der Waals surface area contributed by atoms with Gasteiger partial charge in [-0.15, -0.1) is 0 Å². The van der Waals surface area contributed by atoms with Gasteiger partial charge in [0.05, 0.1) is 18.4 Å². The lowest BCUT2D eigenvalue weighted by Gasteiger charge is -2.11. The molecule has 0 aliphatic rings. The number of esters is 1. The van der Waals surface area contributed by atoms with Gasteiger partial charge in [-0.25, -0.2) is 10.2 Å². The Kier molecular flexibility index (Phi) is 8.49. The molecule has 3 aromatic rings. The first-order chi connectivity index (χ1) is 17.3. The van der Waals surface area contributed by atoms with E-state index in [1.165, 1.54) is 26.2 Å². The molecule has 10 nitrogen and oxygen atoms in total. The number of nitrogens with zero attached hydrogens (tertiary/aromatic N) is 1. The third-order valence-corrected chi connectivity index (χ3v) is 4.78. The Morgan fingerprint density at radius 1 is 0.778 bits per heavy atom. The van der Waals surface area contributed by atoms with Gasteiger partial charge in [-0.1, -0.05) is 18.2 Å². The number of carbonyl (C=O) groups excluding carboxylic acids is 4. The summed E-state index contributed by atoms with van der Waals surface area (Å²) < 4.78 is 10.7. The van der Waals surface area contributed by atoms with Crippen LogP contribution < -0.4 is 25.5 Å². The van der Waals surface area contributed by atoms with Crippen LogP contribution in [0.25, 0.3) is 0 Å². The van der Waals surface area contributed by atoms with Gasteiger partial charge < -0.3 is 20.1 Å². The molecule has 10 heteroatoms. The standard InChI is InChI=1S/C26H24N4O6/c1-16(29-30-25(33)24(32)28-20-13-11-19(12-14-20)27-17(2)31)22-9-4-5-10-23(22)36-26(34)18-7-6-8-21(15-18)35-3/h4-15H,1-3H3,(H,27,31)(H,28,32)(H,30,33). The van der Waals surface area contributed by atoms with Crippen molar-refractivity contribution in [3.05, 3.63) is 83.9 Å². The number of para-hydroxylation sites is 1. The third kappa shape index (κ3) is 7.00. The molecule has 0 spiro atoms. The molecule has 0 saturated heterocycles. The first kappa shape index (κ1) is 25.6. The summed E-state index contributed by atoms with van der Waals surface area (Å²) in [5.41, 5.74) is 4.16. The number of rotatable bonds is 7. The van der Waals surface area contributed by atoms with E-state index in [0.29, 0.717) is 34.0 Å². The number of benzene rings is 3. The van der Waals surface area contributed by atoms with E-state index in [1.807, 2.05) is 0 Å². The molecule has 0 aromatic heterocycles. The van der Waals surface area contributed by atoms with Crippen LogP contribution in [-0.2, 0) is 14.4 Å². The third-order valence-electron chi connectivity index (χ3n) is 4.78. The van der Waals surface area contributed by atoms with E-state index in [2.05, 4.69) is 21.2 Å². The molecule has 0 unspecified atom stereocenters. The molecule has 3 amide bonds. The molecule has 36 heavy (non-hydrogen) atoms. The van der Waals surface area contributed by atoms with E-state index >= 15 is 0 Å². The molecule has 0 saturated carbocycles. The molecular weight excluding hydrogens is 464 g/mol. The lowest BCUT2D eigenvalue weighted by Crippen LogP contribution is -2.33. The molecule has 3 aromatic carbocycles. The average Bonchev–Trinajstić information content (AvgIpc) is 2.88. The highest BCUT2D eigenvalue weighted by molar-refractivity contribution is 6.39. The maximum absolute atomic E-state index is 12.6. The molecule has 0 fully saturated rings. The van der Waals surface area contributed by atoms with E-state index in [9.17, 15) is 19.2 Å². The Morgan fingerprint density at radius 2 is 1.44 bits per heavy atom. The van der Waals surface area contributed by atoms with Gasteiger partial charge in [0, 0.05) is 23.9 Å². The SMILES string of the molecule is COc1cccc(C(=O)Oc2ccccc2C(C)=NNC(=O)C(=O)Nc2ccc(NC(C)=O)cc2)c1. The maximum atomic E-state index is 12.6. The summed E-state index contributed by atoms with van der Waals surface area (Å²) in [7, 11) is 1.50. The van der Waals surface area contributed by atoms with Crippen molar-refractivity contribution in [1.29, 1.82) is 0 Å². The second kappa shape index (κ2) is 11.9. The van der Waals surface area contributed by atoms with Crippen molar-refractivity contribution in [3.8, 4) is 11.5 Å². The Balaban J connectivity index is 1.64. The van der Waals surface area contributed by atoms with E-state index in [1.54, 1.807) is 67.6 Å². The van der Waals surface area contributed by atoms with Crippen molar-refractivity contribution in [2.45, 2.75) is 13.8 Å². The number of anilines is 2. The number of hydrogen-bond acceptors (Lipinski definition) is 7. The Labute approximate surface area is 207 Å². The zero-order chi connectivity index (χ0) is 26.1. The van der Waals surface area contributed by atoms with E-state index < -0.39 is 17.8 Å². The number of hydrogen-bond donors (Lipinski definition) is 3. The van der Waals surface area contributed by atoms with Crippen molar-refractivity contribution >= 4 is 40.8 Å². The molecule has 184 valence electrons. The molecule has 0 atom stereocenters. The molecule has 3 rings (SSSR count). The Hall–Kier alpha value is -4.99. The van der Waals surface area contributed by atoms with Gasteiger partial charge in [0.25, 0.3) is 0 Å². The van der Waals surface area contributed by atoms with Gasteiger partial charge in [-0.05, 0) is 61.5 Å². The van der Waals surface area contributed by atoms with Gasteiger partial charge in [0.15, 0.2) is 0 Å². The number of nitrogens with one attached hydrogen (secondary N) is 3. The molecule has 0 aliphatic carbocycles. The molecule has 0 heterocycles. The predicted molar refractivity (Wildman–Crippen MR) is 134 cm³/mol. The lowest BCUT2D eigenvalue weighted by molar-refractivity contribution is -0.136. The van der Waals surface area contributed by atoms with Crippen LogP contribution in [0, 0.1) is 0 Å². The Morgan fingerprint density at radius 3 is 2.11 bits per heavy atom. The summed E-state index contributed by atoms with van der Waals surface area (Å²) in [5, 5.41) is 9.01. The van der Waals surface area contributed by atoms with Gasteiger partial charge in [-0.2, -0.15) is 5.10 Å². The summed E-state index contributed by atoms with van der Waals surface area (Å²) in [4.78, 5) is 48.1. The molecule has 0 aliphatic heterocycles. The topological polar surface area (TPSA) is 135 Å². The van der Waals surface area contributed by atoms with Crippen LogP contribution in [-0.4, -0.2) is 36.5 Å². The lowest BCUT2D eigenvalue weighted by atomic mass is 10.1. The molecular formula is C26H24N4O6. The summed E-state index contributed by atoms with van der Waals surface area (Å²) >= 11 is 0. The molecule has 0 radical (unpaired) electrons. The highest BCUT2D eigenvalue weighted by Crippen LogP contribution is 2.21. The van der Waals surface area contributed by atoms with Crippen LogP contribution in [0.3, 0.4) is 0 Å². The second-order valence-electron chi connectivity index (χ2n) is 7.47. The fourth-order valence-corrected chi connectivity index (χ4v) is 3.04. The first-order valence-electron chi connectivity index (χ1n) is 10.8. The summed E-state index contributed by atoms with van der Waals surface area (Å²) in [6, 6.07) is 19.4. The van der Waals surface area contributed by atoms with Gasteiger partial charge in [0.2, 0.25) is 5.91 Å². The van der Waals surface area contributed by atoms with Crippen molar-refractivity contribution in [2.24, 2.45) is 5.10 Å². The van der Waals surface area contributed by atoms with Crippen LogP contribution in [0.4, 0.5) is 11.4 Å². The average molecular weight is 489 g/mol. The first-order valence-corrected chi connectivity index (χ1v) is 10.8. The summed E-state index contributed by atoms with van der Waals surface area (Å²) in [5.74, 6) is -2.01. The minimum absolute atomic E-state index is 0.226. The van der Waals surface area contributed by atoms with Gasteiger partial charge in [-0.3, -0.25) is 14.4 Å². The quantitative estimate of drug-likeness (QED) is 0.153. The van der Waals surface area contributed by atoms with Crippen molar-refractivity contribution in [2.75, 3.05) is 17.7 Å². The number of methoxy groups -OCH3 is 1. The molecule has 3 N–H and O–H groups in total. The number of carbonyl (C=O) groups is 4. The van der Waals surface area contributed by atoms with Crippen LogP contribution >= 0.6 is 0 Å². The number of amides is 3. The Bertz CT molecular complexity index is 1320. The monoisotopic (exact) mass is 488 g/mol. The van der Waals surface area contributed by atoms with Crippen LogP contribution in [0.5, 0.6) is 11.5 Å². The smallest absolute Gasteiger partial charge is 0.343 e. The zero-order valence-electron chi connectivity index (χ0n) is 19.8. The van der Waals surface area contributed by atoms with Crippen molar-refractivity contribution in [3.63, 3.8) is 0 Å². The maximum Gasteiger partial charge on any atom is 0.343 e. The predicted octanol–water partition coefficient (Wildman–Crippen LogP) is 3.35. The summed E-state index contributed by atoms with van der Waals surface area (Å²) in [6.45, 7) is 2.97. The van der Waals surface area contributed by atoms with Gasteiger partial charge in [0.1, 0.15) is 11.5 Å². The van der Waals surface area contributed by atoms with Crippen LogP contribution in [0.15, 0.2) is 77.9 Å². The fraction of sp³-hybridized carbons (Fsp3) is 0.115. The molecule has 0 bridgehead atoms. The number of ether oxygens (including phenoxy) is 2.